The summed E-state index contributed by atoms with van der Waals surface area (Å²) in [4.78, 5) is 18.0. The first-order valence-electron chi connectivity index (χ1n) is 10.6. The Labute approximate surface area is 192 Å². The summed E-state index contributed by atoms with van der Waals surface area (Å²) in [5, 5.41) is 9.73. The number of piperidine rings is 1. The summed E-state index contributed by atoms with van der Waals surface area (Å²) in [5.74, 6) is -0.906. The zero-order valence-electron chi connectivity index (χ0n) is 17.8. The molecular formula is C24H24FN3O4S. The number of nitrogens with zero attached hydrogens (tertiary/aromatic N) is 2. The molecule has 0 unspecified atom stereocenters. The third kappa shape index (κ3) is 5.48. The molecule has 1 saturated heterocycles. The molecule has 172 valence electrons. The van der Waals surface area contributed by atoms with E-state index in [2.05, 4.69) is 21.8 Å². The minimum absolute atomic E-state index is 0.0273. The molecule has 2 aromatic carbocycles. The SMILES string of the molecule is O=C(O)c1cc(NS(=O)(=O)c2ccc(F)cc2)cnc1N1CCC(Cc2ccccc2)CC1. The van der Waals surface area contributed by atoms with E-state index in [1.165, 1.54) is 17.8 Å². The lowest BCUT2D eigenvalue weighted by molar-refractivity contribution is 0.0697. The van der Waals surface area contributed by atoms with Crippen LogP contribution in [0.5, 0.6) is 0 Å². The van der Waals surface area contributed by atoms with Crippen molar-refractivity contribution in [1.82, 2.24) is 4.98 Å². The number of aromatic carboxylic acids is 1. The highest BCUT2D eigenvalue weighted by atomic mass is 32.2. The van der Waals surface area contributed by atoms with Crippen molar-refractivity contribution in [3.63, 3.8) is 0 Å². The third-order valence-electron chi connectivity index (χ3n) is 5.75. The quantitative estimate of drug-likeness (QED) is 0.539. The number of sulfonamides is 1. The Balaban J connectivity index is 1.47. The molecule has 1 aliphatic heterocycles. The van der Waals surface area contributed by atoms with Crippen molar-refractivity contribution in [1.29, 1.82) is 0 Å². The average molecular weight is 470 g/mol. The van der Waals surface area contributed by atoms with Gasteiger partial charge < -0.3 is 10.0 Å². The van der Waals surface area contributed by atoms with Crippen LogP contribution < -0.4 is 9.62 Å². The Kier molecular flexibility index (Phi) is 6.60. The number of halogens is 1. The number of rotatable bonds is 7. The van der Waals surface area contributed by atoms with E-state index in [9.17, 15) is 22.7 Å². The summed E-state index contributed by atoms with van der Waals surface area (Å²) >= 11 is 0. The van der Waals surface area contributed by atoms with Gasteiger partial charge in [-0.05, 0) is 61.1 Å². The number of hydrogen-bond acceptors (Lipinski definition) is 5. The average Bonchev–Trinajstić information content (AvgIpc) is 2.80. The first kappa shape index (κ1) is 22.7. The zero-order chi connectivity index (χ0) is 23.4. The van der Waals surface area contributed by atoms with Gasteiger partial charge in [0.05, 0.1) is 16.8 Å². The number of carboxylic acids is 1. The Morgan fingerprint density at radius 2 is 1.76 bits per heavy atom. The number of carbonyl (C=O) groups is 1. The topological polar surface area (TPSA) is 99.6 Å². The van der Waals surface area contributed by atoms with Gasteiger partial charge in [-0.25, -0.2) is 22.6 Å². The molecule has 1 aromatic heterocycles. The molecule has 4 rings (SSSR count). The number of pyridine rings is 1. The molecule has 33 heavy (non-hydrogen) atoms. The predicted molar refractivity (Wildman–Crippen MR) is 123 cm³/mol. The number of anilines is 2. The van der Waals surface area contributed by atoms with Gasteiger partial charge in [-0.1, -0.05) is 30.3 Å². The summed E-state index contributed by atoms with van der Waals surface area (Å²) in [6.07, 6.45) is 4.11. The van der Waals surface area contributed by atoms with Crippen molar-refractivity contribution in [3.05, 3.63) is 83.8 Å². The summed E-state index contributed by atoms with van der Waals surface area (Å²) in [6.45, 7) is 1.34. The van der Waals surface area contributed by atoms with Gasteiger partial charge in [0, 0.05) is 13.1 Å². The molecular weight excluding hydrogens is 445 g/mol. The fourth-order valence-corrected chi connectivity index (χ4v) is 5.08. The minimum atomic E-state index is -4.01. The van der Waals surface area contributed by atoms with Crippen molar-refractivity contribution in [2.75, 3.05) is 22.7 Å². The summed E-state index contributed by atoms with van der Waals surface area (Å²) < 4.78 is 40.5. The Bertz CT molecular complexity index is 1230. The van der Waals surface area contributed by atoms with Crippen LogP contribution >= 0.6 is 0 Å². The number of benzene rings is 2. The maximum Gasteiger partial charge on any atom is 0.339 e. The predicted octanol–water partition coefficient (Wildman–Crippen LogP) is 4.18. The lowest BCUT2D eigenvalue weighted by Crippen LogP contribution is -2.36. The van der Waals surface area contributed by atoms with Gasteiger partial charge in [0.2, 0.25) is 0 Å². The molecule has 1 fully saturated rings. The van der Waals surface area contributed by atoms with Crippen LogP contribution in [0.3, 0.4) is 0 Å². The number of carboxylic acid groups (broad SMARTS) is 1. The molecule has 2 N–H and O–H groups in total. The van der Waals surface area contributed by atoms with E-state index in [1.54, 1.807) is 0 Å². The van der Waals surface area contributed by atoms with Crippen LogP contribution in [0, 0.1) is 11.7 Å². The largest absolute Gasteiger partial charge is 0.478 e. The molecule has 0 bridgehead atoms. The standard InChI is InChI=1S/C24H24FN3O4S/c25-19-6-8-21(9-7-19)33(31,32)27-20-15-22(24(29)30)23(26-16-20)28-12-10-18(11-13-28)14-17-4-2-1-3-5-17/h1-9,15-16,18,27H,10-14H2,(H,29,30). The van der Waals surface area contributed by atoms with Crippen LogP contribution in [-0.2, 0) is 16.4 Å². The molecule has 2 heterocycles. The van der Waals surface area contributed by atoms with Crippen molar-refractivity contribution in [2.24, 2.45) is 5.92 Å². The molecule has 0 atom stereocenters. The second-order valence-electron chi connectivity index (χ2n) is 8.08. The van der Waals surface area contributed by atoms with Crippen LogP contribution in [0.1, 0.15) is 28.8 Å². The third-order valence-corrected chi connectivity index (χ3v) is 7.15. The fraction of sp³-hybridized carbons (Fsp3) is 0.250. The monoisotopic (exact) mass is 469 g/mol. The van der Waals surface area contributed by atoms with Gasteiger partial charge in [0.1, 0.15) is 17.2 Å². The molecule has 1 aliphatic rings. The first-order chi connectivity index (χ1) is 15.8. The molecule has 9 heteroatoms. The van der Waals surface area contributed by atoms with E-state index in [0.717, 1.165) is 43.5 Å². The molecule has 7 nitrogen and oxygen atoms in total. The minimum Gasteiger partial charge on any atom is -0.478 e. The maximum absolute atomic E-state index is 13.1. The Morgan fingerprint density at radius 1 is 1.09 bits per heavy atom. The van der Waals surface area contributed by atoms with Gasteiger partial charge in [-0.2, -0.15) is 0 Å². The van der Waals surface area contributed by atoms with E-state index in [1.807, 2.05) is 23.1 Å². The first-order valence-corrected chi connectivity index (χ1v) is 12.1. The second kappa shape index (κ2) is 9.58. The molecule has 0 aliphatic carbocycles. The van der Waals surface area contributed by atoms with E-state index >= 15 is 0 Å². The summed E-state index contributed by atoms with van der Waals surface area (Å²) in [5.41, 5.74) is 1.24. The van der Waals surface area contributed by atoms with Gasteiger partial charge >= 0.3 is 5.97 Å². The van der Waals surface area contributed by atoms with Crippen LogP contribution in [-0.4, -0.2) is 37.6 Å². The van der Waals surface area contributed by atoms with E-state index < -0.39 is 21.8 Å². The fourth-order valence-electron chi connectivity index (χ4n) is 4.05. The molecule has 0 spiro atoms. The molecule has 3 aromatic rings. The molecule has 0 amide bonds. The highest BCUT2D eigenvalue weighted by Gasteiger charge is 2.25. The number of hydrogen-bond donors (Lipinski definition) is 2. The van der Waals surface area contributed by atoms with Crippen molar-refractivity contribution in [3.8, 4) is 0 Å². The van der Waals surface area contributed by atoms with Gasteiger partial charge in [0.25, 0.3) is 10.0 Å². The molecule has 0 saturated carbocycles. The normalized spacial score (nSPS) is 14.8. The van der Waals surface area contributed by atoms with Gasteiger partial charge in [-0.3, -0.25) is 4.72 Å². The highest BCUT2D eigenvalue weighted by Crippen LogP contribution is 2.29. The highest BCUT2D eigenvalue weighted by molar-refractivity contribution is 7.92. The van der Waals surface area contributed by atoms with Gasteiger partial charge in [0.15, 0.2) is 0 Å². The summed E-state index contributed by atoms with van der Waals surface area (Å²) in [6, 6.07) is 15.9. The number of aromatic nitrogens is 1. The second-order valence-corrected chi connectivity index (χ2v) is 9.76. The van der Waals surface area contributed by atoms with Crippen LogP contribution in [0.2, 0.25) is 0 Å². The Hall–Kier alpha value is -3.46. The van der Waals surface area contributed by atoms with Crippen molar-refractivity contribution in [2.45, 2.75) is 24.2 Å². The maximum atomic E-state index is 13.1. The van der Waals surface area contributed by atoms with Crippen LogP contribution in [0.15, 0.2) is 71.8 Å². The number of nitrogens with one attached hydrogen (secondary N) is 1. The zero-order valence-corrected chi connectivity index (χ0v) is 18.6. The van der Waals surface area contributed by atoms with Gasteiger partial charge in [-0.15, -0.1) is 0 Å². The van der Waals surface area contributed by atoms with E-state index in [-0.39, 0.29) is 16.1 Å². The van der Waals surface area contributed by atoms with Crippen LogP contribution in [0.4, 0.5) is 15.9 Å². The molecule has 0 radical (unpaired) electrons. The lowest BCUT2D eigenvalue weighted by atomic mass is 9.90. The van der Waals surface area contributed by atoms with E-state index in [4.69, 9.17) is 0 Å². The van der Waals surface area contributed by atoms with Crippen molar-refractivity contribution < 1.29 is 22.7 Å². The summed E-state index contributed by atoms with van der Waals surface area (Å²) in [7, 11) is -4.01. The smallest absolute Gasteiger partial charge is 0.339 e. The van der Waals surface area contributed by atoms with E-state index in [0.29, 0.717) is 24.8 Å². The lowest BCUT2D eigenvalue weighted by Gasteiger charge is -2.33. The van der Waals surface area contributed by atoms with Crippen molar-refractivity contribution >= 4 is 27.5 Å². The Morgan fingerprint density at radius 3 is 2.39 bits per heavy atom. The van der Waals surface area contributed by atoms with Crippen LogP contribution in [0.25, 0.3) is 0 Å².